The van der Waals surface area contributed by atoms with Crippen LogP contribution in [0.15, 0.2) is 18.2 Å². The molecule has 0 saturated heterocycles. The fourth-order valence-corrected chi connectivity index (χ4v) is 2.57. The van der Waals surface area contributed by atoms with Gasteiger partial charge in [-0.1, -0.05) is 17.7 Å². The second-order valence-corrected chi connectivity index (χ2v) is 5.10. The Hall–Kier alpha value is -1.68. The van der Waals surface area contributed by atoms with E-state index in [1.807, 2.05) is 24.8 Å². The first-order valence-corrected chi connectivity index (χ1v) is 6.51. The fourth-order valence-electron chi connectivity index (χ4n) is 2.39. The molecule has 0 atom stereocenters. The minimum atomic E-state index is -0.234. The number of hydrogen-bond donors (Lipinski definition) is 0. The van der Waals surface area contributed by atoms with Crippen LogP contribution < -0.4 is 4.90 Å². The van der Waals surface area contributed by atoms with Crippen molar-refractivity contribution in [2.45, 2.75) is 20.3 Å². The van der Waals surface area contributed by atoms with Gasteiger partial charge in [0.2, 0.25) is 0 Å². The normalized spacial score (nSPS) is 13.8. The Labute approximate surface area is 116 Å². The quantitative estimate of drug-likeness (QED) is 0.798. The molecule has 98 valence electrons. The molecule has 3 nitrogen and oxygen atoms in total. The van der Waals surface area contributed by atoms with Gasteiger partial charge in [-0.25, -0.2) is 4.39 Å². The van der Waals surface area contributed by atoms with Gasteiger partial charge in [0, 0.05) is 12.2 Å². The molecule has 0 aliphatic carbocycles. The van der Waals surface area contributed by atoms with E-state index in [1.54, 1.807) is 6.07 Å². The van der Waals surface area contributed by atoms with Gasteiger partial charge in [-0.15, -0.1) is 10.2 Å². The topological polar surface area (TPSA) is 29.0 Å². The van der Waals surface area contributed by atoms with Crippen LogP contribution >= 0.6 is 11.6 Å². The van der Waals surface area contributed by atoms with E-state index in [9.17, 15) is 4.39 Å². The summed E-state index contributed by atoms with van der Waals surface area (Å²) >= 11 is 5.97. The number of halogens is 2. The Morgan fingerprint density at radius 3 is 2.79 bits per heavy atom. The smallest absolute Gasteiger partial charge is 0.159 e. The molecular weight excluding hydrogens is 265 g/mol. The van der Waals surface area contributed by atoms with Crippen LogP contribution in [0.3, 0.4) is 0 Å². The number of anilines is 2. The maximum Gasteiger partial charge on any atom is 0.159 e. The molecule has 1 aromatic carbocycles. The molecule has 0 radical (unpaired) electrons. The molecule has 0 N–H and O–H groups in total. The van der Waals surface area contributed by atoms with Gasteiger partial charge in [0.05, 0.1) is 0 Å². The van der Waals surface area contributed by atoms with Crippen LogP contribution in [0.25, 0.3) is 0 Å². The van der Waals surface area contributed by atoms with Crippen molar-refractivity contribution >= 4 is 23.1 Å². The minimum absolute atomic E-state index is 0.234. The third kappa shape index (κ3) is 1.96. The zero-order valence-corrected chi connectivity index (χ0v) is 11.5. The summed E-state index contributed by atoms with van der Waals surface area (Å²) in [6, 6.07) is 4.87. The first kappa shape index (κ1) is 12.4. The van der Waals surface area contributed by atoms with Crippen LogP contribution in [0.5, 0.6) is 0 Å². The first-order valence-electron chi connectivity index (χ1n) is 6.13. The summed E-state index contributed by atoms with van der Waals surface area (Å²) in [6.07, 6.45) is 0.887. The highest BCUT2D eigenvalue weighted by Crippen LogP contribution is 2.36. The van der Waals surface area contributed by atoms with Gasteiger partial charge in [-0.3, -0.25) is 0 Å². The highest BCUT2D eigenvalue weighted by molar-refractivity contribution is 6.30. The third-order valence-electron chi connectivity index (χ3n) is 3.64. The lowest BCUT2D eigenvalue weighted by molar-refractivity contribution is 0.628. The Morgan fingerprint density at radius 2 is 2.00 bits per heavy atom. The highest BCUT2D eigenvalue weighted by Gasteiger charge is 2.24. The van der Waals surface area contributed by atoms with Crippen LogP contribution in [0.4, 0.5) is 15.9 Å². The summed E-state index contributed by atoms with van der Waals surface area (Å²) in [5.41, 5.74) is 3.91. The molecule has 0 saturated carbocycles. The summed E-state index contributed by atoms with van der Waals surface area (Å²) in [5.74, 6) is 0.521. The monoisotopic (exact) mass is 277 g/mol. The van der Waals surface area contributed by atoms with Crippen molar-refractivity contribution in [2.24, 2.45) is 0 Å². The van der Waals surface area contributed by atoms with Crippen LogP contribution in [0.1, 0.15) is 16.7 Å². The summed E-state index contributed by atoms with van der Waals surface area (Å²) < 4.78 is 13.4. The van der Waals surface area contributed by atoms with E-state index in [0.29, 0.717) is 5.15 Å². The van der Waals surface area contributed by atoms with E-state index in [-0.39, 0.29) is 5.82 Å². The summed E-state index contributed by atoms with van der Waals surface area (Å²) in [5, 5.41) is 8.55. The molecule has 0 spiro atoms. The molecule has 0 bridgehead atoms. The number of rotatable bonds is 1. The largest absolute Gasteiger partial charge is 0.324 e. The lowest BCUT2D eigenvalue weighted by Gasteiger charge is -2.20. The maximum absolute atomic E-state index is 13.4. The third-order valence-corrected chi connectivity index (χ3v) is 4.00. The lowest BCUT2D eigenvalue weighted by Crippen LogP contribution is -2.17. The van der Waals surface area contributed by atoms with Crippen LogP contribution in [0, 0.1) is 19.7 Å². The summed E-state index contributed by atoms with van der Waals surface area (Å²) in [4.78, 5) is 2.00. The van der Waals surface area contributed by atoms with Crippen molar-refractivity contribution in [2.75, 3.05) is 11.4 Å². The van der Waals surface area contributed by atoms with Gasteiger partial charge in [0.25, 0.3) is 0 Å². The number of benzene rings is 1. The molecule has 1 aliphatic heterocycles. The zero-order valence-electron chi connectivity index (χ0n) is 10.7. The van der Waals surface area contributed by atoms with E-state index in [4.69, 9.17) is 11.6 Å². The second kappa shape index (κ2) is 4.46. The van der Waals surface area contributed by atoms with Gasteiger partial charge in [-0.2, -0.15) is 0 Å². The molecule has 1 aliphatic rings. The predicted octanol–water partition coefficient (Wildman–Crippen LogP) is 3.58. The molecular formula is C14H13ClFN3. The van der Waals surface area contributed by atoms with E-state index in [1.165, 1.54) is 6.07 Å². The van der Waals surface area contributed by atoms with E-state index >= 15 is 0 Å². The Bertz CT molecular complexity index is 657. The Kier molecular flexibility index (Phi) is 2.90. The molecule has 2 heterocycles. The van der Waals surface area contributed by atoms with Crippen molar-refractivity contribution in [3.63, 3.8) is 0 Å². The number of nitrogens with zero attached hydrogens (tertiary/aromatic N) is 3. The average molecular weight is 278 g/mol. The molecule has 1 aromatic heterocycles. The molecule has 0 unspecified atom stereocenters. The van der Waals surface area contributed by atoms with Crippen molar-refractivity contribution in [1.82, 2.24) is 10.2 Å². The van der Waals surface area contributed by atoms with Crippen LogP contribution in [-0.2, 0) is 6.42 Å². The van der Waals surface area contributed by atoms with Crippen molar-refractivity contribution in [1.29, 1.82) is 0 Å². The number of hydrogen-bond acceptors (Lipinski definition) is 3. The predicted molar refractivity (Wildman–Crippen MR) is 73.6 cm³/mol. The highest BCUT2D eigenvalue weighted by atomic mass is 35.5. The lowest BCUT2D eigenvalue weighted by atomic mass is 10.1. The average Bonchev–Trinajstić information content (AvgIpc) is 2.79. The molecule has 19 heavy (non-hydrogen) atoms. The maximum atomic E-state index is 13.4. The van der Waals surface area contributed by atoms with Crippen molar-refractivity contribution in [3.8, 4) is 0 Å². The summed E-state index contributed by atoms with van der Waals surface area (Å²) in [6.45, 7) is 4.66. The summed E-state index contributed by atoms with van der Waals surface area (Å²) in [7, 11) is 0. The number of aromatic nitrogens is 2. The van der Waals surface area contributed by atoms with Gasteiger partial charge in [0.15, 0.2) is 11.0 Å². The Morgan fingerprint density at radius 1 is 1.21 bits per heavy atom. The van der Waals surface area contributed by atoms with E-state index in [0.717, 1.165) is 41.2 Å². The minimum Gasteiger partial charge on any atom is -0.324 e. The number of fused-ring (bicyclic) bond motifs is 1. The van der Waals surface area contributed by atoms with Gasteiger partial charge in [-0.05, 0) is 49.1 Å². The Balaban J connectivity index is 2.12. The molecule has 0 amide bonds. The van der Waals surface area contributed by atoms with Crippen LogP contribution in [0.2, 0.25) is 5.15 Å². The second-order valence-electron chi connectivity index (χ2n) is 4.74. The van der Waals surface area contributed by atoms with E-state index in [2.05, 4.69) is 10.2 Å². The zero-order chi connectivity index (χ0) is 13.6. The van der Waals surface area contributed by atoms with Crippen LogP contribution in [-0.4, -0.2) is 16.7 Å². The molecule has 0 fully saturated rings. The van der Waals surface area contributed by atoms with Crippen molar-refractivity contribution < 1.29 is 4.39 Å². The standard InChI is InChI=1S/C14H13ClFN3/c1-8-9(2)14(18-17-13(8)15)19-6-5-10-3-4-11(16)7-12(10)19/h3-4,7H,5-6H2,1-2H3. The van der Waals surface area contributed by atoms with Crippen molar-refractivity contribution in [3.05, 3.63) is 45.9 Å². The SMILES string of the molecule is Cc1c(Cl)nnc(N2CCc3ccc(F)cc32)c1C. The fraction of sp³-hybridized carbons (Fsp3) is 0.286. The molecule has 5 heteroatoms. The molecule has 3 rings (SSSR count). The first-order chi connectivity index (χ1) is 9.08. The van der Waals surface area contributed by atoms with Gasteiger partial charge >= 0.3 is 0 Å². The van der Waals surface area contributed by atoms with Gasteiger partial charge < -0.3 is 4.90 Å². The van der Waals surface area contributed by atoms with E-state index < -0.39 is 0 Å². The van der Waals surface area contributed by atoms with Gasteiger partial charge in [0.1, 0.15) is 5.82 Å². The molecule has 2 aromatic rings.